The van der Waals surface area contributed by atoms with Crippen LogP contribution in [0.4, 0.5) is 0 Å². The third-order valence-electron chi connectivity index (χ3n) is 1.60. The van der Waals surface area contributed by atoms with E-state index >= 15 is 0 Å². The number of nitrogens with two attached hydrogens (primary N) is 2. The molecule has 0 bridgehead atoms. The van der Waals surface area contributed by atoms with Crippen molar-refractivity contribution in [2.24, 2.45) is 11.5 Å². The minimum atomic E-state index is 0.706. The first-order chi connectivity index (χ1) is 7.83. The molecule has 0 heterocycles. The summed E-state index contributed by atoms with van der Waals surface area (Å²) in [4.78, 5) is 0. The van der Waals surface area contributed by atoms with Crippen molar-refractivity contribution < 1.29 is 0 Å². The molecule has 0 spiro atoms. The standard InChI is InChI=1S/C8H23N5.C3H4/c9-1-3-11-5-7-13-8-6-12-4-2-10;1-3-2/h11-13H,1-10H2;1-2H2. The largest absolute Gasteiger partial charge is 0.329 e. The highest BCUT2D eigenvalue weighted by Gasteiger charge is 1.87. The van der Waals surface area contributed by atoms with Crippen molar-refractivity contribution in [1.82, 2.24) is 16.0 Å². The first-order valence-electron chi connectivity index (χ1n) is 5.64. The predicted molar refractivity (Wildman–Crippen MR) is 71.5 cm³/mol. The Morgan fingerprint density at radius 1 is 0.688 bits per heavy atom. The summed E-state index contributed by atoms with van der Waals surface area (Å²) in [6.07, 6.45) is 0. The highest BCUT2D eigenvalue weighted by molar-refractivity contribution is 4.55. The van der Waals surface area contributed by atoms with Gasteiger partial charge in [0.05, 0.1) is 0 Å². The Morgan fingerprint density at radius 3 is 1.19 bits per heavy atom. The van der Waals surface area contributed by atoms with Crippen molar-refractivity contribution in [3.05, 3.63) is 18.9 Å². The van der Waals surface area contributed by atoms with Gasteiger partial charge in [-0.3, -0.25) is 0 Å². The van der Waals surface area contributed by atoms with Crippen LogP contribution in [-0.2, 0) is 0 Å². The van der Waals surface area contributed by atoms with Gasteiger partial charge in [-0.15, -0.1) is 5.73 Å². The molecule has 0 radical (unpaired) electrons. The fourth-order valence-electron chi connectivity index (χ4n) is 0.933. The van der Waals surface area contributed by atoms with Gasteiger partial charge in [0.2, 0.25) is 0 Å². The van der Waals surface area contributed by atoms with Gasteiger partial charge in [-0.2, -0.15) is 0 Å². The highest BCUT2D eigenvalue weighted by Crippen LogP contribution is 1.60. The molecule has 0 atom stereocenters. The van der Waals surface area contributed by atoms with E-state index in [-0.39, 0.29) is 0 Å². The Morgan fingerprint density at radius 2 is 0.938 bits per heavy atom. The molecule has 0 amide bonds. The van der Waals surface area contributed by atoms with Crippen LogP contribution in [0.2, 0.25) is 0 Å². The van der Waals surface area contributed by atoms with Gasteiger partial charge in [-0.25, -0.2) is 0 Å². The van der Waals surface area contributed by atoms with Crippen molar-refractivity contribution in [1.29, 1.82) is 0 Å². The Hall–Kier alpha value is -0.680. The second-order valence-electron chi connectivity index (χ2n) is 3.08. The SMILES string of the molecule is C=C=C.NCCNCCNCCNCCN. The minimum Gasteiger partial charge on any atom is -0.329 e. The van der Waals surface area contributed by atoms with Gasteiger partial charge in [-0.05, 0) is 0 Å². The Balaban J connectivity index is 0. The van der Waals surface area contributed by atoms with Crippen LogP contribution in [0.5, 0.6) is 0 Å². The molecule has 0 aromatic rings. The van der Waals surface area contributed by atoms with E-state index in [9.17, 15) is 0 Å². The molecule has 0 aliphatic carbocycles. The van der Waals surface area contributed by atoms with Crippen LogP contribution < -0.4 is 27.4 Å². The molecule has 0 saturated carbocycles. The summed E-state index contributed by atoms with van der Waals surface area (Å²) < 4.78 is 0. The summed E-state index contributed by atoms with van der Waals surface area (Å²) >= 11 is 0. The van der Waals surface area contributed by atoms with E-state index in [0.717, 1.165) is 39.3 Å². The smallest absolute Gasteiger partial charge is 0.00772 e. The molecule has 96 valence electrons. The molecule has 0 aliphatic heterocycles. The second-order valence-corrected chi connectivity index (χ2v) is 3.08. The zero-order valence-electron chi connectivity index (χ0n) is 10.2. The topological polar surface area (TPSA) is 88.1 Å². The molecule has 0 unspecified atom stereocenters. The van der Waals surface area contributed by atoms with Gasteiger partial charge in [0.25, 0.3) is 0 Å². The van der Waals surface area contributed by atoms with Crippen LogP contribution in [0.1, 0.15) is 0 Å². The van der Waals surface area contributed by atoms with Crippen LogP contribution in [0.25, 0.3) is 0 Å². The van der Waals surface area contributed by atoms with Crippen molar-refractivity contribution >= 4 is 0 Å². The van der Waals surface area contributed by atoms with E-state index in [1.165, 1.54) is 0 Å². The lowest BCUT2D eigenvalue weighted by molar-refractivity contribution is 0.586. The van der Waals surface area contributed by atoms with Crippen molar-refractivity contribution in [3.8, 4) is 0 Å². The van der Waals surface area contributed by atoms with Crippen LogP contribution in [0.3, 0.4) is 0 Å². The Bertz CT molecular complexity index is 133. The number of nitrogens with one attached hydrogen (secondary N) is 3. The lowest BCUT2D eigenvalue weighted by Crippen LogP contribution is -2.35. The summed E-state index contributed by atoms with van der Waals surface area (Å²) in [5.74, 6) is 0. The summed E-state index contributed by atoms with van der Waals surface area (Å²) in [6, 6.07) is 0. The van der Waals surface area contributed by atoms with Gasteiger partial charge in [0.1, 0.15) is 0 Å². The molecule has 5 nitrogen and oxygen atoms in total. The van der Waals surface area contributed by atoms with Crippen LogP contribution in [0.15, 0.2) is 18.9 Å². The maximum Gasteiger partial charge on any atom is 0.00772 e. The highest BCUT2D eigenvalue weighted by atomic mass is 15.0. The summed E-state index contributed by atoms with van der Waals surface area (Å²) in [5.41, 5.74) is 12.9. The number of rotatable bonds is 10. The van der Waals surface area contributed by atoms with Crippen LogP contribution in [0, 0.1) is 0 Å². The first-order valence-corrected chi connectivity index (χ1v) is 5.64. The fourth-order valence-corrected chi connectivity index (χ4v) is 0.933. The molecular weight excluding hydrogens is 202 g/mol. The lowest BCUT2D eigenvalue weighted by Gasteiger charge is -2.06. The summed E-state index contributed by atoms with van der Waals surface area (Å²) in [5, 5.41) is 9.71. The van der Waals surface area contributed by atoms with E-state index in [0.29, 0.717) is 13.1 Å². The van der Waals surface area contributed by atoms with Gasteiger partial charge >= 0.3 is 0 Å². The number of hydrogen-bond donors (Lipinski definition) is 5. The maximum atomic E-state index is 5.32. The maximum absolute atomic E-state index is 5.32. The number of hydrogen-bond acceptors (Lipinski definition) is 5. The molecule has 0 aromatic carbocycles. The zero-order chi connectivity index (χ0) is 12.5. The summed E-state index contributed by atoms with van der Waals surface area (Å²) in [6.45, 7) is 13.4. The molecule has 0 saturated heterocycles. The second kappa shape index (κ2) is 19.8. The third-order valence-corrected chi connectivity index (χ3v) is 1.60. The Kier molecular flexibility index (Phi) is 21.9. The van der Waals surface area contributed by atoms with Crippen molar-refractivity contribution in [3.63, 3.8) is 0 Å². The van der Waals surface area contributed by atoms with E-state index in [4.69, 9.17) is 11.5 Å². The predicted octanol–water partition coefficient (Wildman–Crippen LogP) is -1.37. The molecule has 5 heteroatoms. The quantitative estimate of drug-likeness (QED) is 0.236. The third kappa shape index (κ3) is 23.3. The first kappa shape index (κ1) is 17.7. The van der Waals surface area contributed by atoms with Crippen LogP contribution in [-0.4, -0.2) is 52.4 Å². The zero-order valence-corrected chi connectivity index (χ0v) is 10.2. The van der Waals surface area contributed by atoms with E-state index < -0.39 is 0 Å². The van der Waals surface area contributed by atoms with Crippen molar-refractivity contribution in [2.45, 2.75) is 0 Å². The molecule has 0 fully saturated rings. The van der Waals surface area contributed by atoms with Gasteiger partial charge < -0.3 is 27.4 Å². The van der Waals surface area contributed by atoms with E-state index in [2.05, 4.69) is 34.8 Å². The average molecular weight is 229 g/mol. The molecule has 0 rings (SSSR count). The minimum absolute atomic E-state index is 0.706. The molecular formula is C11H27N5. The lowest BCUT2D eigenvalue weighted by atomic mass is 10.5. The average Bonchev–Trinajstić information content (AvgIpc) is 2.28. The molecule has 0 aromatic heterocycles. The molecule has 0 aliphatic rings. The van der Waals surface area contributed by atoms with Crippen molar-refractivity contribution in [2.75, 3.05) is 52.4 Å². The van der Waals surface area contributed by atoms with Gasteiger partial charge in [0, 0.05) is 52.4 Å². The molecule has 7 N–H and O–H groups in total. The van der Waals surface area contributed by atoms with E-state index in [1.54, 1.807) is 0 Å². The van der Waals surface area contributed by atoms with E-state index in [1.807, 2.05) is 0 Å². The normalized spacial score (nSPS) is 9.12. The van der Waals surface area contributed by atoms with Gasteiger partial charge in [0.15, 0.2) is 0 Å². The monoisotopic (exact) mass is 229 g/mol. The Labute approximate surface area is 99.3 Å². The molecule has 16 heavy (non-hydrogen) atoms. The fraction of sp³-hybridized carbons (Fsp3) is 0.727. The van der Waals surface area contributed by atoms with Gasteiger partial charge in [-0.1, -0.05) is 13.2 Å². The summed E-state index contributed by atoms with van der Waals surface area (Å²) in [7, 11) is 0. The van der Waals surface area contributed by atoms with Crippen LogP contribution >= 0.6 is 0 Å².